The van der Waals surface area contributed by atoms with Crippen molar-refractivity contribution >= 4 is 10.9 Å². The zero-order valence-corrected chi connectivity index (χ0v) is 10.5. The van der Waals surface area contributed by atoms with Crippen molar-refractivity contribution in [2.24, 2.45) is 0 Å². The molecule has 1 aromatic carbocycles. The Kier molecular flexibility index (Phi) is 3.89. The van der Waals surface area contributed by atoms with E-state index < -0.39 is 0 Å². The molecule has 0 bridgehead atoms. The second-order valence-electron chi connectivity index (χ2n) is 4.21. The molecule has 2 rings (SSSR count). The second-order valence-corrected chi connectivity index (χ2v) is 4.21. The van der Waals surface area contributed by atoms with Gasteiger partial charge in [0.05, 0.1) is 18.3 Å². The van der Waals surface area contributed by atoms with Crippen molar-refractivity contribution in [1.82, 2.24) is 15.1 Å². The Morgan fingerprint density at radius 3 is 3.00 bits per heavy atom. The lowest BCUT2D eigenvalue weighted by atomic mass is 10.2. The Bertz CT molecular complexity index is 616. The summed E-state index contributed by atoms with van der Waals surface area (Å²) < 4.78 is 1.82. The van der Waals surface area contributed by atoms with Crippen LogP contribution in [0.25, 0.3) is 10.9 Å². The molecule has 1 N–H and O–H groups in total. The van der Waals surface area contributed by atoms with Gasteiger partial charge in [-0.25, -0.2) is 0 Å². The zero-order chi connectivity index (χ0) is 13.0. The van der Waals surface area contributed by atoms with E-state index in [1.54, 1.807) is 0 Å². The Morgan fingerprint density at radius 1 is 1.44 bits per heavy atom. The van der Waals surface area contributed by atoms with E-state index in [4.69, 9.17) is 0 Å². The molecule has 4 heteroatoms. The first-order valence-corrected chi connectivity index (χ1v) is 6.04. The van der Waals surface area contributed by atoms with Crippen LogP contribution in [0.3, 0.4) is 0 Å². The summed E-state index contributed by atoms with van der Waals surface area (Å²) in [6, 6.07) is 7.50. The van der Waals surface area contributed by atoms with Gasteiger partial charge in [0.25, 0.3) is 0 Å². The van der Waals surface area contributed by atoms with Crippen LogP contribution in [-0.4, -0.2) is 22.9 Å². The monoisotopic (exact) mass is 243 g/mol. The summed E-state index contributed by atoms with van der Waals surface area (Å²) in [6.07, 6.45) is 1.36. The van der Waals surface area contributed by atoms with Crippen LogP contribution in [0, 0.1) is 0 Å². The van der Waals surface area contributed by atoms with Crippen molar-refractivity contribution in [3.8, 4) is 0 Å². The highest BCUT2D eigenvalue weighted by Crippen LogP contribution is 2.09. The average Bonchev–Trinajstić information content (AvgIpc) is 2.40. The van der Waals surface area contributed by atoms with E-state index >= 15 is 0 Å². The maximum atomic E-state index is 11.7. The van der Waals surface area contributed by atoms with E-state index in [0.717, 1.165) is 24.2 Å². The fourth-order valence-electron chi connectivity index (χ4n) is 1.86. The third-order valence-electron chi connectivity index (χ3n) is 2.76. The number of nitrogens with one attached hydrogen (secondary N) is 1. The molecular weight excluding hydrogens is 226 g/mol. The number of benzene rings is 1. The molecule has 94 valence electrons. The summed E-state index contributed by atoms with van der Waals surface area (Å²) in [5.74, 6) is 0. The van der Waals surface area contributed by atoms with E-state index in [1.165, 1.54) is 6.20 Å². The first-order chi connectivity index (χ1) is 8.72. The number of hydrogen-bond donors (Lipinski definition) is 1. The summed E-state index contributed by atoms with van der Waals surface area (Å²) in [5, 5.41) is 8.09. The quantitative estimate of drug-likeness (QED) is 0.811. The Hall–Kier alpha value is -1.94. The van der Waals surface area contributed by atoms with Crippen molar-refractivity contribution in [1.29, 1.82) is 0 Å². The van der Waals surface area contributed by atoms with Crippen molar-refractivity contribution in [2.45, 2.75) is 13.5 Å². The van der Waals surface area contributed by atoms with Gasteiger partial charge in [-0.05, 0) is 24.3 Å². The zero-order valence-electron chi connectivity index (χ0n) is 10.5. The number of aromatic nitrogens is 2. The van der Waals surface area contributed by atoms with Gasteiger partial charge in [-0.2, -0.15) is 5.10 Å². The molecule has 0 radical (unpaired) electrons. The highest BCUT2D eigenvalue weighted by Gasteiger charge is 2.04. The van der Waals surface area contributed by atoms with Crippen molar-refractivity contribution in [3.63, 3.8) is 0 Å². The van der Waals surface area contributed by atoms with Crippen LogP contribution in [0.4, 0.5) is 0 Å². The maximum absolute atomic E-state index is 11.7. The number of fused-ring (bicyclic) bond motifs is 1. The number of para-hydroxylation sites is 1. The number of likely N-dealkylation sites (N-methyl/N-ethyl adjacent to an activating group) is 1. The topological polar surface area (TPSA) is 46.9 Å². The predicted molar refractivity (Wildman–Crippen MR) is 73.7 cm³/mol. The van der Waals surface area contributed by atoms with Gasteiger partial charge in [-0.3, -0.25) is 9.48 Å². The molecule has 0 fully saturated rings. The summed E-state index contributed by atoms with van der Waals surface area (Å²) in [5.41, 5.74) is 1.85. The largest absolute Gasteiger partial charge is 0.313 e. The van der Waals surface area contributed by atoms with Crippen molar-refractivity contribution in [3.05, 3.63) is 52.8 Å². The molecule has 0 saturated carbocycles. The Morgan fingerprint density at radius 2 is 2.22 bits per heavy atom. The van der Waals surface area contributed by atoms with E-state index in [2.05, 4.69) is 23.9 Å². The fourth-order valence-corrected chi connectivity index (χ4v) is 1.86. The van der Waals surface area contributed by atoms with E-state index in [-0.39, 0.29) is 5.43 Å². The summed E-state index contributed by atoms with van der Waals surface area (Å²) in [7, 11) is 0. The Balaban J connectivity index is 2.32. The van der Waals surface area contributed by atoms with Gasteiger partial charge in [-0.15, -0.1) is 0 Å². The van der Waals surface area contributed by atoms with Gasteiger partial charge in [0.2, 0.25) is 5.43 Å². The fraction of sp³-hybridized carbons (Fsp3) is 0.286. The first kappa shape index (κ1) is 12.5. The van der Waals surface area contributed by atoms with Gasteiger partial charge in [0, 0.05) is 11.9 Å². The van der Waals surface area contributed by atoms with Crippen LogP contribution in [0.15, 0.2) is 47.4 Å². The second kappa shape index (κ2) is 5.60. The van der Waals surface area contributed by atoms with Gasteiger partial charge < -0.3 is 5.32 Å². The average molecular weight is 243 g/mol. The smallest absolute Gasteiger partial charge is 0.207 e. The molecule has 1 heterocycles. The molecule has 0 unspecified atom stereocenters. The number of nitrogens with zero attached hydrogens (tertiary/aromatic N) is 2. The van der Waals surface area contributed by atoms with Crippen LogP contribution in [0.5, 0.6) is 0 Å². The SMILES string of the molecule is C=C(CNCC)Cn1ncc(=O)c2ccccc21. The van der Waals surface area contributed by atoms with Crippen molar-refractivity contribution < 1.29 is 0 Å². The molecule has 0 atom stereocenters. The normalized spacial score (nSPS) is 10.7. The summed E-state index contributed by atoms with van der Waals surface area (Å²) >= 11 is 0. The minimum absolute atomic E-state index is 0.0425. The molecule has 1 aromatic heterocycles. The lowest BCUT2D eigenvalue weighted by molar-refractivity contribution is 0.651. The van der Waals surface area contributed by atoms with E-state index in [0.29, 0.717) is 11.9 Å². The molecule has 0 aliphatic carbocycles. The molecule has 0 saturated heterocycles. The number of rotatable bonds is 5. The van der Waals surface area contributed by atoms with Crippen LogP contribution in [-0.2, 0) is 6.54 Å². The number of hydrogen-bond acceptors (Lipinski definition) is 3. The van der Waals surface area contributed by atoms with E-state index in [9.17, 15) is 4.79 Å². The van der Waals surface area contributed by atoms with Gasteiger partial charge in [0.1, 0.15) is 0 Å². The summed E-state index contributed by atoms with van der Waals surface area (Å²) in [6.45, 7) is 8.37. The van der Waals surface area contributed by atoms with E-state index in [1.807, 2.05) is 28.9 Å². The van der Waals surface area contributed by atoms with Gasteiger partial charge in [0.15, 0.2) is 0 Å². The van der Waals surface area contributed by atoms with Crippen molar-refractivity contribution in [2.75, 3.05) is 13.1 Å². The molecule has 0 amide bonds. The highest BCUT2D eigenvalue weighted by molar-refractivity contribution is 5.77. The molecular formula is C14H17N3O. The Labute approximate surface area is 106 Å². The van der Waals surface area contributed by atoms with Gasteiger partial charge in [-0.1, -0.05) is 25.6 Å². The standard InChI is InChI=1S/C14H17N3O/c1-3-15-8-11(2)10-17-13-7-5-4-6-12(13)14(18)9-16-17/h4-7,9,15H,2-3,8,10H2,1H3. The van der Waals surface area contributed by atoms with Crippen LogP contribution in [0.2, 0.25) is 0 Å². The lowest BCUT2D eigenvalue weighted by Gasteiger charge is -2.11. The minimum atomic E-state index is -0.0425. The maximum Gasteiger partial charge on any atom is 0.207 e. The molecule has 0 aliphatic rings. The predicted octanol–water partition coefficient (Wildman–Crippen LogP) is 1.56. The highest BCUT2D eigenvalue weighted by atomic mass is 16.1. The van der Waals surface area contributed by atoms with Crippen LogP contribution in [0.1, 0.15) is 6.92 Å². The lowest BCUT2D eigenvalue weighted by Crippen LogP contribution is -2.20. The molecule has 4 nitrogen and oxygen atoms in total. The third-order valence-corrected chi connectivity index (χ3v) is 2.76. The first-order valence-electron chi connectivity index (χ1n) is 6.04. The van der Waals surface area contributed by atoms with Crippen LogP contribution >= 0.6 is 0 Å². The third kappa shape index (κ3) is 2.65. The minimum Gasteiger partial charge on any atom is -0.313 e. The van der Waals surface area contributed by atoms with Gasteiger partial charge >= 0.3 is 0 Å². The van der Waals surface area contributed by atoms with Crippen LogP contribution < -0.4 is 10.7 Å². The summed E-state index contributed by atoms with van der Waals surface area (Å²) in [4.78, 5) is 11.7. The molecule has 2 aromatic rings. The molecule has 18 heavy (non-hydrogen) atoms. The molecule has 0 spiro atoms. The molecule has 0 aliphatic heterocycles.